The van der Waals surface area contributed by atoms with Crippen molar-refractivity contribution in [1.29, 1.82) is 0 Å². The molecule has 0 atom stereocenters. The van der Waals surface area contributed by atoms with Gasteiger partial charge < -0.3 is 9.47 Å². The fourth-order valence-corrected chi connectivity index (χ4v) is 1.55. The number of hydrogen-bond acceptors (Lipinski definition) is 4. The van der Waals surface area contributed by atoms with E-state index >= 15 is 0 Å². The van der Waals surface area contributed by atoms with Crippen LogP contribution in [0, 0.1) is 0 Å². The van der Waals surface area contributed by atoms with Gasteiger partial charge in [-0.05, 0) is 6.42 Å². The van der Waals surface area contributed by atoms with Crippen LogP contribution in [0.2, 0.25) is 0 Å². The summed E-state index contributed by atoms with van der Waals surface area (Å²) in [4.78, 5) is 20.5. The number of esters is 2. The third kappa shape index (κ3) is 20.9. The van der Waals surface area contributed by atoms with Crippen LogP contribution in [0.15, 0.2) is 25.3 Å². The van der Waals surface area contributed by atoms with Gasteiger partial charge in [0.05, 0.1) is 13.7 Å². The van der Waals surface area contributed by atoms with E-state index in [1.54, 1.807) is 0 Å². The highest BCUT2D eigenvalue weighted by Crippen LogP contribution is 2.08. The minimum Gasteiger partial charge on any atom is -0.466 e. The van der Waals surface area contributed by atoms with Gasteiger partial charge in [0.25, 0.3) is 0 Å². The van der Waals surface area contributed by atoms with Gasteiger partial charge in [-0.1, -0.05) is 65.0 Å². The summed E-state index contributed by atoms with van der Waals surface area (Å²) in [6.07, 6.45) is 12.4. The zero-order valence-electron chi connectivity index (χ0n) is 13.6. The zero-order chi connectivity index (χ0) is 16.3. The van der Waals surface area contributed by atoms with Crippen LogP contribution in [0.3, 0.4) is 0 Å². The van der Waals surface area contributed by atoms with E-state index in [0.29, 0.717) is 6.61 Å². The first-order valence-electron chi connectivity index (χ1n) is 7.61. The lowest BCUT2D eigenvalue weighted by atomic mass is 10.1. The van der Waals surface area contributed by atoms with Crippen molar-refractivity contribution in [2.45, 2.75) is 58.3 Å². The van der Waals surface area contributed by atoms with Crippen molar-refractivity contribution in [1.82, 2.24) is 0 Å². The second-order valence-corrected chi connectivity index (χ2v) is 4.57. The molecule has 4 heteroatoms. The second kappa shape index (κ2) is 18.4. The van der Waals surface area contributed by atoms with Crippen LogP contribution in [0.1, 0.15) is 58.3 Å². The quantitative estimate of drug-likeness (QED) is 0.326. The van der Waals surface area contributed by atoms with Gasteiger partial charge in [-0.3, -0.25) is 0 Å². The number of carbonyl (C=O) groups excluding carboxylic acids is 2. The minimum atomic E-state index is -0.394. The first-order valence-corrected chi connectivity index (χ1v) is 7.61. The number of hydrogen-bond donors (Lipinski definition) is 0. The molecule has 0 spiro atoms. The third-order valence-corrected chi connectivity index (χ3v) is 2.78. The molecule has 0 saturated heterocycles. The van der Waals surface area contributed by atoms with Gasteiger partial charge in [0.1, 0.15) is 0 Å². The molecule has 4 nitrogen and oxygen atoms in total. The summed E-state index contributed by atoms with van der Waals surface area (Å²) in [6.45, 7) is 9.27. The van der Waals surface area contributed by atoms with Crippen molar-refractivity contribution in [3.8, 4) is 0 Å². The summed E-state index contributed by atoms with van der Waals surface area (Å²) in [7, 11) is 1.31. The summed E-state index contributed by atoms with van der Waals surface area (Å²) in [5, 5.41) is 0. The Morgan fingerprint density at radius 1 is 0.857 bits per heavy atom. The lowest BCUT2D eigenvalue weighted by molar-refractivity contribution is -0.138. The highest BCUT2D eigenvalue weighted by atomic mass is 16.5. The number of methoxy groups -OCH3 is 1. The molecule has 0 amide bonds. The van der Waals surface area contributed by atoms with Crippen molar-refractivity contribution in [3.63, 3.8) is 0 Å². The Kier molecular flexibility index (Phi) is 19.0. The molecule has 0 aromatic carbocycles. The van der Waals surface area contributed by atoms with Crippen molar-refractivity contribution in [2.24, 2.45) is 0 Å². The molecule has 0 saturated carbocycles. The van der Waals surface area contributed by atoms with E-state index in [1.807, 2.05) is 0 Å². The summed E-state index contributed by atoms with van der Waals surface area (Å²) in [5.74, 6) is -0.701. The number of rotatable bonds is 11. The van der Waals surface area contributed by atoms with Crippen molar-refractivity contribution >= 4 is 11.9 Å². The smallest absolute Gasteiger partial charge is 0.330 e. The molecule has 0 aliphatic heterocycles. The number of ether oxygens (including phenoxy) is 2. The Labute approximate surface area is 129 Å². The van der Waals surface area contributed by atoms with E-state index in [2.05, 4.69) is 24.8 Å². The van der Waals surface area contributed by atoms with Crippen LogP contribution in [-0.2, 0) is 19.1 Å². The Balaban J connectivity index is 0. The summed E-state index contributed by atoms with van der Waals surface area (Å²) >= 11 is 0. The fourth-order valence-electron chi connectivity index (χ4n) is 1.55. The highest BCUT2D eigenvalue weighted by Gasteiger charge is 1.95. The average molecular weight is 298 g/mol. The van der Waals surface area contributed by atoms with Gasteiger partial charge in [0, 0.05) is 12.2 Å². The summed E-state index contributed by atoms with van der Waals surface area (Å²) in [5.41, 5.74) is 0. The maximum absolute atomic E-state index is 10.7. The average Bonchev–Trinajstić information content (AvgIpc) is 2.52. The standard InChI is InChI=1S/C13H24O2.C4H6O2/c1-3-5-6-7-8-9-10-11-12-15-13(14)4-2;1-3-4(5)6-2/h4H,2-3,5-12H2,1H3;3H,1H2,2H3. The van der Waals surface area contributed by atoms with Crippen LogP contribution in [0.25, 0.3) is 0 Å². The Hall–Kier alpha value is -1.58. The molecule has 0 aromatic rings. The molecule has 122 valence electrons. The predicted molar refractivity (Wildman–Crippen MR) is 86.0 cm³/mol. The summed E-state index contributed by atoms with van der Waals surface area (Å²) in [6, 6.07) is 0. The van der Waals surface area contributed by atoms with Gasteiger partial charge in [-0.25, -0.2) is 9.59 Å². The third-order valence-electron chi connectivity index (χ3n) is 2.78. The number of carbonyl (C=O) groups is 2. The molecule has 0 aromatic heterocycles. The highest BCUT2D eigenvalue weighted by molar-refractivity contribution is 5.81. The van der Waals surface area contributed by atoms with Crippen molar-refractivity contribution < 1.29 is 19.1 Å². The van der Waals surface area contributed by atoms with Gasteiger partial charge >= 0.3 is 11.9 Å². The van der Waals surface area contributed by atoms with E-state index in [1.165, 1.54) is 51.7 Å². The SMILES string of the molecule is C=CC(=O)OC.C=CC(=O)OCCCCCCCCCC. The lowest BCUT2D eigenvalue weighted by Crippen LogP contribution is -2.01. The Morgan fingerprint density at radius 2 is 1.33 bits per heavy atom. The maximum atomic E-state index is 10.7. The van der Waals surface area contributed by atoms with Crippen LogP contribution >= 0.6 is 0 Å². The second-order valence-electron chi connectivity index (χ2n) is 4.57. The van der Waals surface area contributed by atoms with Gasteiger partial charge in [0.2, 0.25) is 0 Å². The largest absolute Gasteiger partial charge is 0.466 e. The fraction of sp³-hybridized carbons (Fsp3) is 0.647. The summed E-state index contributed by atoms with van der Waals surface area (Å²) < 4.78 is 9.02. The molecule has 0 unspecified atom stereocenters. The Morgan fingerprint density at radius 3 is 1.71 bits per heavy atom. The van der Waals surface area contributed by atoms with Crippen molar-refractivity contribution in [3.05, 3.63) is 25.3 Å². The normalized spacial score (nSPS) is 9.05. The monoisotopic (exact) mass is 298 g/mol. The van der Waals surface area contributed by atoms with Crippen LogP contribution in [0.4, 0.5) is 0 Å². The first-order chi connectivity index (χ1) is 10.1. The molecule has 21 heavy (non-hydrogen) atoms. The van der Waals surface area contributed by atoms with E-state index in [9.17, 15) is 9.59 Å². The minimum absolute atomic E-state index is 0.307. The van der Waals surface area contributed by atoms with E-state index < -0.39 is 5.97 Å². The van der Waals surface area contributed by atoms with Gasteiger partial charge in [-0.15, -0.1) is 0 Å². The molecule has 0 N–H and O–H groups in total. The van der Waals surface area contributed by atoms with E-state index in [4.69, 9.17) is 4.74 Å². The molecular weight excluding hydrogens is 268 g/mol. The van der Waals surface area contributed by atoms with Crippen molar-refractivity contribution in [2.75, 3.05) is 13.7 Å². The van der Waals surface area contributed by atoms with Crippen LogP contribution in [-0.4, -0.2) is 25.7 Å². The molecule has 0 bridgehead atoms. The van der Waals surface area contributed by atoms with Gasteiger partial charge in [0.15, 0.2) is 0 Å². The van der Waals surface area contributed by atoms with E-state index in [0.717, 1.165) is 18.9 Å². The lowest BCUT2D eigenvalue weighted by Gasteiger charge is -2.02. The topological polar surface area (TPSA) is 52.6 Å². The molecule has 0 aliphatic carbocycles. The molecule has 0 heterocycles. The zero-order valence-corrected chi connectivity index (χ0v) is 13.6. The van der Waals surface area contributed by atoms with Gasteiger partial charge in [-0.2, -0.15) is 0 Å². The molecule has 0 radical (unpaired) electrons. The number of unbranched alkanes of at least 4 members (excludes halogenated alkanes) is 7. The van der Waals surface area contributed by atoms with Crippen LogP contribution < -0.4 is 0 Å². The molecular formula is C17H30O4. The maximum Gasteiger partial charge on any atom is 0.330 e. The Bertz CT molecular complexity index is 285. The van der Waals surface area contributed by atoms with E-state index in [-0.39, 0.29) is 5.97 Å². The first kappa shape index (κ1) is 21.7. The predicted octanol–water partition coefficient (Wildman–Crippen LogP) is 4.20. The molecule has 0 rings (SSSR count). The van der Waals surface area contributed by atoms with Crippen LogP contribution in [0.5, 0.6) is 0 Å². The molecule has 0 fully saturated rings. The molecule has 0 aliphatic rings.